The fourth-order valence-electron chi connectivity index (χ4n) is 3.21. The van der Waals surface area contributed by atoms with Gasteiger partial charge in [-0.15, -0.1) is 11.3 Å². The fourth-order valence-corrected chi connectivity index (χ4v) is 4.93. The lowest BCUT2D eigenvalue weighted by molar-refractivity contribution is 0.600. The molecule has 0 aliphatic carbocycles. The lowest BCUT2D eigenvalue weighted by Gasteiger charge is -2.11. The molecule has 1 heterocycles. The monoisotopic (exact) mass is 379 g/mol. The van der Waals surface area contributed by atoms with Crippen molar-refractivity contribution in [2.75, 3.05) is 0 Å². The van der Waals surface area contributed by atoms with Gasteiger partial charge in [0.05, 0.1) is 0 Å². The summed E-state index contributed by atoms with van der Waals surface area (Å²) in [5.74, 6) is 0. The van der Waals surface area contributed by atoms with Crippen molar-refractivity contribution >= 4 is 32.1 Å². The predicted octanol–water partition coefficient (Wildman–Crippen LogP) is 5.19. The number of aryl methyl sites for hydroxylation is 1. The number of rotatable bonds is 3. The second-order valence-electron chi connectivity index (χ2n) is 6.22. The van der Waals surface area contributed by atoms with E-state index in [-0.39, 0.29) is 4.21 Å². The Kier molecular flexibility index (Phi) is 4.15. The molecule has 0 amide bonds. The summed E-state index contributed by atoms with van der Waals surface area (Å²) in [5.41, 5.74) is 4.51. The maximum Gasteiger partial charge on any atom is 0.247 e. The molecule has 0 aliphatic rings. The third kappa shape index (κ3) is 3.05. The topological polar surface area (TPSA) is 60.2 Å². The van der Waals surface area contributed by atoms with Crippen LogP contribution in [0.3, 0.4) is 0 Å². The molecule has 0 saturated carbocycles. The Morgan fingerprint density at radius 2 is 1.62 bits per heavy atom. The molecule has 0 saturated heterocycles. The normalized spacial score (nSPS) is 11.8. The van der Waals surface area contributed by atoms with Gasteiger partial charge in [-0.1, -0.05) is 60.7 Å². The van der Waals surface area contributed by atoms with Gasteiger partial charge in [0.15, 0.2) is 0 Å². The molecular formula is C21H17NO2S2. The summed E-state index contributed by atoms with van der Waals surface area (Å²) in [4.78, 5) is 0.890. The van der Waals surface area contributed by atoms with Crippen molar-refractivity contribution in [2.45, 2.75) is 11.1 Å². The fraction of sp³-hybridized carbons (Fsp3) is 0.0476. The van der Waals surface area contributed by atoms with Gasteiger partial charge in [0.2, 0.25) is 10.0 Å². The van der Waals surface area contributed by atoms with Crippen LogP contribution in [0.15, 0.2) is 77.0 Å². The van der Waals surface area contributed by atoms with Crippen LogP contribution in [0.4, 0.5) is 0 Å². The van der Waals surface area contributed by atoms with E-state index in [1.807, 2.05) is 12.1 Å². The quantitative estimate of drug-likeness (QED) is 0.532. The van der Waals surface area contributed by atoms with Crippen molar-refractivity contribution in [1.82, 2.24) is 0 Å². The first-order chi connectivity index (χ1) is 12.4. The zero-order valence-corrected chi connectivity index (χ0v) is 15.8. The zero-order valence-electron chi connectivity index (χ0n) is 14.1. The molecule has 0 unspecified atom stereocenters. The summed E-state index contributed by atoms with van der Waals surface area (Å²) in [6.07, 6.45) is 0. The number of primary sulfonamides is 1. The first-order valence-corrected chi connectivity index (χ1v) is 10.5. The largest absolute Gasteiger partial charge is 0.247 e. The molecule has 0 radical (unpaired) electrons. The van der Waals surface area contributed by atoms with E-state index in [1.54, 1.807) is 12.1 Å². The van der Waals surface area contributed by atoms with Crippen LogP contribution in [0, 0.1) is 6.92 Å². The Hall–Kier alpha value is -2.47. The van der Waals surface area contributed by atoms with E-state index in [9.17, 15) is 8.42 Å². The van der Waals surface area contributed by atoms with E-state index >= 15 is 0 Å². The SMILES string of the molecule is Cc1cc(-c2ccc(S(N)(=O)=O)s2)ccc1-c1cccc2ccccc12. The Labute approximate surface area is 156 Å². The van der Waals surface area contributed by atoms with Crippen molar-refractivity contribution in [2.24, 2.45) is 5.14 Å². The first-order valence-electron chi connectivity index (χ1n) is 8.15. The standard InChI is InChI=1S/C21H17NO2S2/c1-14-13-16(20-11-12-21(25-20)26(22,23)24)9-10-17(14)19-8-4-6-15-5-2-3-7-18(15)19/h2-13H,1H3,(H2,22,23,24). The highest BCUT2D eigenvalue weighted by atomic mass is 32.2. The number of fused-ring (bicyclic) bond motifs is 1. The molecule has 130 valence electrons. The second-order valence-corrected chi connectivity index (χ2v) is 9.09. The number of thiophene rings is 1. The van der Waals surface area contributed by atoms with E-state index in [0.29, 0.717) is 0 Å². The van der Waals surface area contributed by atoms with Gasteiger partial charge in [0.1, 0.15) is 4.21 Å². The number of sulfonamides is 1. The van der Waals surface area contributed by atoms with Crippen molar-refractivity contribution < 1.29 is 8.42 Å². The van der Waals surface area contributed by atoms with E-state index in [0.717, 1.165) is 16.0 Å². The third-order valence-corrected chi connectivity index (χ3v) is 7.03. The number of benzene rings is 3. The molecular weight excluding hydrogens is 362 g/mol. The molecule has 4 rings (SSSR count). The maximum absolute atomic E-state index is 11.5. The van der Waals surface area contributed by atoms with Gasteiger partial charge < -0.3 is 0 Å². The minimum atomic E-state index is -3.66. The third-order valence-electron chi connectivity index (χ3n) is 4.45. The predicted molar refractivity (Wildman–Crippen MR) is 109 cm³/mol. The highest BCUT2D eigenvalue weighted by molar-refractivity contribution is 7.91. The van der Waals surface area contributed by atoms with Crippen LogP contribution in [0.1, 0.15) is 5.56 Å². The minimum absolute atomic E-state index is 0.184. The first kappa shape index (κ1) is 17.0. The Bertz CT molecular complexity index is 1220. The molecule has 5 heteroatoms. The van der Waals surface area contributed by atoms with Crippen molar-refractivity contribution in [3.05, 3.63) is 78.4 Å². The molecule has 3 nitrogen and oxygen atoms in total. The van der Waals surface area contributed by atoms with Gasteiger partial charge >= 0.3 is 0 Å². The summed E-state index contributed by atoms with van der Waals surface area (Å²) in [5, 5.41) is 7.65. The van der Waals surface area contributed by atoms with E-state index in [1.165, 1.54) is 33.2 Å². The van der Waals surface area contributed by atoms with Crippen molar-refractivity contribution in [3.63, 3.8) is 0 Å². The van der Waals surface area contributed by atoms with Gasteiger partial charge in [0.25, 0.3) is 0 Å². The number of hydrogen-bond donors (Lipinski definition) is 1. The average Bonchev–Trinajstić information content (AvgIpc) is 3.12. The van der Waals surface area contributed by atoms with Crippen LogP contribution in [0.25, 0.3) is 32.3 Å². The van der Waals surface area contributed by atoms with Gasteiger partial charge in [-0.3, -0.25) is 0 Å². The summed E-state index contributed by atoms with van der Waals surface area (Å²) < 4.78 is 23.2. The second kappa shape index (κ2) is 6.36. The van der Waals surface area contributed by atoms with E-state index in [2.05, 4.69) is 55.5 Å². The maximum atomic E-state index is 11.5. The minimum Gasteiger partial charge on any atom is -0.224 e. The van der Waals surface area contributed by atoms with Gasteiger partial charge in [0, 0.05) is 4.88 Å². The highest BCUT2D eigenvalue weighted by Crippen LogP contribution is 2.35. The summed E-state index contributed by atoms with van der Waals surface area (Å²) >= 11 is 1.19. The molecule has 0 spiro atoms. The van der Waals surface area contributed by atoms with Crippen molar-refractivity contribution in [3.8, 4) is 21.6 Å². The lowest BCUT2D eigenvalue weighted by atomic mass is 9.94. The molecule has 0 aliphatic heterocycles. The summed E-state index contributed by atoms with van der Waals surface area (Å²) in [6, 6.07) is 24.2. The van der Waals surface area contributed by atoms with Crippen molar-refractivity contribution in [1.29, 1.82) is 0 Å². The molecule has 0 bridgehead atoms. The van der Waals surface area contributed by atoms with Gasteiger partial charge in [-0.25, -0.2) is 13.6 Å². The summed E-state index contributed by atoms with van der Waals surface area (Å²) in [6.45, 7) is 2.08. The lowest BCUT2D eigenvalue weighted by Crippen LogP contribution is -2.09. The van der Waals surface area contributed by atoms with Crippen LogP contribution in [-0.4, -0.2) is 8.42 Å². The van der Waals surface area contributed by atoms with Crippen LogP contribution in [0.5, 0.6) is 0 Å². The Morgan fingerprint density at radius 1 is 0.846 bits per heavy atom. The van der Waals surface area contributed by atoms with E-state index < -0.39 is 10.0 Å². The molecule has 1 aromatic heterocycles. The molecule has 4 aromatic rings. The Morgan fingerprint density at radius 3 is 2.35 bits per heavy atom. The number of nitrogens with two attached hydrogens (primary N) is 1. The Balaban J connectivity index is 1.80. The summed E-state index contributed by atoms with van der Waals surface area (Å²) in [7, 11) is -3.66. The highest BCUT2D eigenvalue weighted by Gasteiger charge is 2.13. The molecule has 0 atom stereocenters. The van der Waals surface area contributed by atoms with Crippen LogP contribution < -0.4 is 5.14 Å². The number of hydrogen-bond acceptors (Lipinski definition) is 3. The molecule has 3 aromatic carbocycles. The van der Waals surface area contributed by atoms with Gasteiger partial charge in [-0.2, -0.15) is 0 Å². The zero-order chi connectivity index (χ0) is 18.3. The van der Waals surface area contributed by atoms with Gasteiger partial charge in [-0.05, 0) is 52.1 Å². The molecule has 0 fully saturated rings. The molecule has 26 heavy (non-hydrogen) atoms. The molecule has 2 N–H and O–H groups in total. The van der Waals surface area contributed by atoms with Crippen LogP contribution in [0.2, 0.25) is 0 Å². The smallest absolute Gasteiger partial charge is 0.224 e. The van der Waals surface area contributed by atoms with Crippen LogP contribution >= 0.6 is 11.3 Å². The average molecular weight is 380 g/mol. The van der Waals surface area contributed by atoms with E-state index in [4.69, 9.17) is 5.14 Å². The van der Waals surface area contributed by atoms with Crippen LogP contribution in [-0.2, 0) is 10.0 Å².